The Morgan fingerprint density at radius 3 is 2.77 bits per heavy atom. The third kappa shape index (κ3) is 2.21. The second kappa shape index (κ2) is 4.87. The maximum Gasteiger partial charge on any atom is 0.166 e. The third-order valence-electron chi connectivity index (χ3n) is 1.46. The van der Waals surface area contributed by atoms with Crippen LogP contribution in [0, 0.1) is 0 Å². The van der Waals surface area contributed by atoms with E-state index in [4.69, 9.17) is 0 Å². The minimum atomic E-state index is 0.938. The highest BCUT2D eigenvalue weighted by Gasteiger charge is 1.98. The van der Waals surface area contributed by atoms with Crippen LogP contribution in [0.4, 0.5) is 0 Å². The average Bonchev–Trinajstić information content (AvgIpc) is 2.63. The van der Waals surface area contributed by atoms with E-state index in [2.05, 4.69) is 15.0 Å². The zero-order valence-electron chi connectivity index (χ0n) is 8.03. The molecule has 0 aliphatic carbocycles. The van der Waals surface area contributed by atoms with E-state index in [-0.39, 0.29) is 0 Å². The Bertz CT molecular complexity index is 337. The van der Waals surface area contributed by atoms with E-state index in [9.17, 15) is 0 Å². The molecule has 2 aromatic heterocycles. The van der Waals surface area contributed by atoms with Crippen molar-refractivity contribution < 1.29 is 0 Å². The predicted octanol–water partition coefficient (Wildman–Crippen LogP) is 2.71. The summed E-state index contributed by atoms with van der Waals surface area (Å²) in [5.41, 5.74) is 1.97. The molecule has 4 heteroatoms. The number of imidazole rings is 1. The summed E-state index contributed by atoms with van der Waals surface area (Å²) >= 11 is 1.60. The van der Waals surface area contributed by atoms with Crippen LogP contribution >= 0.6 is 11.8 Å². The predicted molar refractivity (Wildman–Crippen MR) is 57.0 cm³/mol. The van der Waals surface area contributed by atoms with Gasteiger partial charge in [-0.2, -0.15) is 0 Å². The van der Waals surface area contributed by atoms with Crippen molar-refractivity contribution in [1.82, 2.24) is 15.0 Å². The standard InChI is InChI=1S/C7H7N3S.C2H6/c1-11-7-9-5-2-3-8-4-6(5)10-7;1-2/h2-4H,1H3,(H,9,10);1-2H3. The van der Waals surface area contributed by atoms with Crippen molar-refractivity contribution in [2.75, 3.05) is 6.26 Å². The first-order valence-corrected chi connectivity index (χ1v) is 5.46. The normalized spacial score (nSPS) is 9.46. The number of rotatable bonds is 1. The summed E-state index contributed by atoms with van der Waals surface area (Å²) in [6.45, 7) is 4.00. The number of thioether (sulfide) groups is 1. The number of nitrogens with zero attached hydrogens (tertiary/aromatic N) is 2. The molecule has 0 aromatic carbocycles. The van der Waals surface area contributed by atoms with Crippen molar-refractivity contribution in [1.29, 1.82) is 0 Å². The number of aromatic nitrogens is 3. The van der Waals surface area contributed by atoms with Gasteiger partial charge in [0.2, 0.25) is 0 Å². The lowest BCUT2D eigenvalue weighted by Gasteiger charge is -1.81. The van der Waals surface area contributed by atoms with Crippen LogP contribution in [0.1, 0.15) is 13.8 Å². The highest BCUT2D eigenvalue weighted by molar-refractivity contribution is 7.98. The summed E-state index contributed by atoms with van der Waals surface area (Å²) in [5, 5.41) is 0.938. The zero-order chi connectivity index (χ0) is 9.68. The maximum atomic E-state index is 4.30. The van der Waals surface area contributed by atoms with Gasteiger partial charge in [0.25, 0.3) is 0 Å². The summed E-state index contributed by atoms with van der Waals surface area (Å²) < 4.78 is 0. The maximum absolute atomic E-state index is 4.30. The van der Waals surface area contributed by atoms with Crippen molar-refractivity contribution in [3.63, 3.8) is 0 Å². The van der Waals surface area contributed by atoms with Crippen LogP contribution in [0.2, 0.25) is 0 Å². The van der Waals surface area contributed by atoms with Gasteiger partial charge in [0.15, 0.2) is 5.16 Å². The van der Waals surface area contributed by atoms with Crippen molar-refractivity contribution in [2.45, 2.75) is 19.0 Å². The number of aromatic amines is 1. The molecule has 2 aromatic rings. The highest BCUT2D eigenvalue weighted by atomic mass is 32.2. The molecule has 2 heterocycles. The van der Waals surface area contributed by atoms with Gasteiger partial charge in [-0.15, -0.1) is 0 Å². The molecule has 0 fully saturated rings. The van der Waals surface area contributed by atoms with Crippen LogP contribution in [-0.2, 0) is 0 Å². The van der Waals surface area contributed by atoms with Crippen molar-refractivity contribution in [2.24, 2.45) is 0 Å². The van der Waals surface area contributed by atoms with E-state index in [0.717, 1.165) is 16.2 Å². The lowest BCUT2D eigenvalue weighted by Crippen LogP contribution is -1.69. The Morgan fingerprint density at radius 2 is 2.15 bits per heavy atom. The molecule has 0 spiro atoms. The van der Waals surface area contributed by atoms with E-state index in [1.807, 2.05) is 26.2 Å². The van der Waals surface area contributed by atoms with Gasteiger partial charge < -0.3 is 4.98 Å². The number of hydrogen-bond donors (Lipinski definition) is 1. The third-order valence-corrected chi connectivity index (χ3v) is 2.04. The van der Waals surface area contributed by atoms with Crippen LogP contribution in [0.15, 0.2) is 23.6 Å². The molecule has 70 valence electrons. The Hall–Kier alpha value is -1.03. The summed E-state index contributed by atoms with van der Waals surface area (Å²) in [6, 6.07) is 1.89. The fourth-order valence-electron chi connectivity index (χ4n) is 0.930. The quantitative estimate of drug-likeness (QED) is 0.711. The molecule has 0 aliphatic heterocycles. The van der Waals surface area contributed by atoms with Crippen molar-refractivity contribution in [3.05, 3.63) is 18.5 Å². The zero-order valence-corrected chi connectivity index (χ0v) is 8.85. The molecule has 0 unspecified atom stereocenters. The topological polar surface area (TPSA) is 41.6 Å². The van der Waals surface area contributed by atoms with E-state index in [1.165, 1.54) is 0 Å². The van der Waals surface area contributed by atoms with Crippen LogP contribution in [0.25, 0.3) is 11.0 Å². The van der Waals surface area contributed by atoms with Crippen molar-refractivity contribution in [3.8, 4) is 0 Å². The largest absolute Gasteiger partial charge is 0.332 e. The molecule has 3 nitrogen and oxygen atoms in total. The lowest BCUT2D eigenvalue weighted by molar-refractivity contribution is 1.08. The monoisotopic (exact) mass is 195 g/mol. The fourth-order valence-corrected chi connectivity index (χ4v) is 1.33. The molecule has 1 N–H and O–H groups in total. The van der Waals surface area contributed by atoms with Gasteiger partial charge in [-0.1, -0.05) is 25.6 Å². The minimum Gasteiger partial charge on any atom is -0.332 e. The molecule has 0 saturated carbocycles. The average molecular weight is 195 g/mol. The summed E-state index contributed by atoms with van der Waals surface area (Å²) in [7, 11) is 0. The van der Waals surface area contributed by atoms with E-state index >= 15 is 0 Å². The Labute approximate surface area is 82.0 Å². The molecule has 0 radical (unpaired) electrons. The van der Waals surface area contributed by atoms with Gasteiger partial charge in [-0.3, -0.25) is 4.98 Å². The van der Waals surface area contributed by atoms with Crippen LogP contribution in [0.5, 0.6) is 0 Å². The second-order valence-electron chi connectivity index (χ2n) is 2.14. The van der Waals surface area contributed by atoms with E-state index in [1.54, 1.807) is 24.2 Å². The van der Waals surface area contributed by atoms with Gasteiger partial charge in [-0.05, 0) is 12.3 Å². The molecule has 0 amide bonds. The first-order chi connectivity index (χ1) is 6.40. The molecule has 0 atom stereocenters. The van der Waals surface area contributed by atoms with Gasteiger partial charge in [0.05, 0.1) is 17.2 Å². The van der Waals surface area contributed by atoms with Gasteiger partial charge >= 0.3 is 0 Å². The number of hydrogen-bond acceptors (Lipinski definition) is 3. The number of pyridine rings is 1. The van der Waals surface area contributed by atoms with E-state index in [0.29, 0.717) is 0 Å². The van der Waals surface area contributed by atoms with Gasteiger partial charge in [-0.25, -0.2) is 4.98 Å². The number of fused-ring (bicyclic) bond motifs is 1. The molecule has 0 aliphatic rings. The van der Waals surface area contributed by atoms with Crippen molar-refractivity contribution >= 4 is 22.8 Å². The molecule has 2 rings (SSSR count). The van der Waals surface area contributed by atoms with Gasteiger partial charge in [0, 0.05) is 6.20 Å². The Morgan fingerprint density at radius 1 is 1.38 bits per heavy atom. The molecule has 0 saturated heterocycles. The molecular weight excluding hydrogens is 182 g/mol. The fraction of sp³-hybridized carbons (Fsp3) is 0.333. The molecular formula is C9H13N3S. The minimum absolute atomic E-state index is 0.938. The van der Waals surface area contributed by atoms with Crippen LogP contribution in [-0.4, -0.2) is 21.2 Å². The Balaban J connectivity index is 0.000000396. The van der Waals surface area contributed by atoms with Gasteiger partial charge in [0.1, 0.15) is 0 Å². The molecule has 13 heavy (non-hydrogen) atoms. The Kier molecular flexibility index (Phi) is 3.76. The van der Waals surface area contributed by atoms with Crippen LogP contribution in [0.3, 0.4) is 0 Å². The number of H-pyrrole nitrogens is 1. The first-order valence-electron chi connectivity index (χ1n) is 4.24. The summed E-state index contributed by atoms with van der Waals surface area (Å²) in [5.74, 6) is 0. The molecule has 0 bridgehead atoms. The van der Waals surface area contributed by atoms with Crippen LogP contribution < -0.4 is 0 Å². The second-order valence-corrected chi connectivity index (χ2v) is 2.93. The van der Waals surface area contributed by atoms with E-state index < -0.39 is 0 Å². The number of nitrogens with one attached hydrogen (secondary N) is 1. The lowest BCUT2D eigenvalue weighted by atomic mass is 10.4. The first kappa shape index (κ1) is 10.1. The SMILES string of the molecule is CC.CSc1nc2ccncc2[nH]1. The summed E-state index contributed by atoms with van der Waals surface area (Å²) in [4.78, 5) is 11.4. The smallest absolute Gasteiger partial charge is 0.166 e. The summed E-state index contributed by atoms with van der Waals surface area (Å²) in [6.07, 6.45) is 5.51. The highest BCUT2D eigenvalue weighted by Crippen LogP contribution is 2.15.